The first kappa shape index (κ1) is 14.3. The maximum absolute atomic E-state index is 12.0. The van der Waals surface area contributed by atoms with Crippen molar-refractivity contribution in [3.8, 4) is 11.5 Å². The third-order valence-corrected chi connectivity index (χ3v) is 2.41. The third-order valence-electron chi connectivity index (χ3n) is 2.41. The highest BCUT2D eigenvalue weighted by atomic mass is 19.4. The molecule has 2 rings (SSSR count). The van der Waals surface area contributed by atoms with Crippen LogP contribution in [0.15, 0.2) is 47.1 Å². The topological polar surface area (TPSA) is 57.6 Å². The molecule has 0 saturated heterocycles. The van der Waals surface area contributed by atoms with Crippen LogP contribution in [0.25, 0.3) is 0 Å². The number of alkyl halides is 3. The molecule has 0 aliphatic rings. The van der Waals surface area contributed by atoms with Gasteiger partial charge >= 0.3 is 6.36 Å². The van der Waals surface area contributed by atoms with Crippen LogP contribution in [0.1, 0.15) is 11.9 Å². The number of rotatable bonds is 5. The molecular weight excluding hydrogens is 275 g/mol. The molecule has 1 aromatic carbocycles. The number of hydrogen-bond acceptors (Lipinski definition) is 4. The molecule has 0 aliphatic heterocycles. The summed E-state index contributed by atoms with van der Waals surface area (Å²) in [5.41, 5.74) is 5.57. The summed E-state index contributed by atoms with van der Waals surface area (Å²) in [5, 5.41) is 0. The van der Waals surface area contributed by atoms with Gasteiger partial charge in [0, 0.05) is 6.54 Å². The van der Waals surface area contributed by atoms with Crippen LogP contribution in [0, 0.1) is 0 Å². The van der Waals surface area contributed by atoms with Crippen molar-refractivity contribution in [2.45, 2.75) is 12.5 Å². The highest BCUT2D eigenvalue weighted by Crippen LogP contribution is 2.27. The molecule has 0 saturated carbocycles. The Kier molecular flexibility index (Phi) is 4.19. The molecule has 1 atom stereocenters. The Labute approximate surface area is 112 Å². The van der Waals surface area contributed by atoms with Gasteiger partial charge in [-0.2, -0.15) is 0 Å². The SMILES string of the molecule is NCC(Oc1ccc(OC(F)(F)F)cc1)c1ccco1. The van der Waals surface area contributed by atoms with E-state index >= 15 is 0 Å². The highest BCUT2D eigenvalue weighted by molar-refractivity contribution is 5.31. The highest BCUT2D eigenvalue weighted by Gasteiger charge is 2.31. The quantitative estimate of drug-likeness (QED) is 0.917. The molecule has 0 amide bonds. The van der Waals surface area contributed by atoms with E-state index in [0.29, 0.717) is 11.5 Å². The van der Waals surface area contributed by atoms with Crippen LogP contribution in [-0.4, -0.2) is 12.9 Å². The van der Waals surface area contributed by atoms with Crippen LogP contribution in [0.3, 0.4) is 0 Å². The molecule has 0 bridgehead atoms. The normalized spacial score (nSPS) is 13.0. The van der Waals surface area contributed by atoms with E-state index in [1.165, 1.54) is 30.5 Å². The molecule has 20 heavy (non-hydrogen) atoms. The molecule has 0 fully saturated rings. The van der Waals surface area contributed by atoms with Gasteiger partial charge in [0.15, 0.2) is 6.10 Å². The minimum absolute atomic E-state index is 0.175. The van der Waals surface area contributed by atoms with Gasteiger partial charge in [0.1, 0.15) is 17.3 Å². The first-order valence-corrected chi connectivity index (χ1v) is 5.74. The standard InChI is InChI=1S/C13H12F3NO3/c14-13(15,16)20-10-5-3-9(4-6-10)19-12(8-17)11-2-1-7-18-11/h1-7,12H,8,17H2. The van der Waals surface area contributed by atoms with Gasteiger partial charge in [-0.3, -0.25) is 0 Å². The molecule has 0 radical (unpaired) electrons. The summed E-state index contributed by atoms with van der Waals surface area (Å²) in [7, 11) is 0. The Morgan fingerprint density at radius 1 is 1.10 bits per heavy atom. The first-order valence-electron chi connectivity index (χ1n) is 5.74. The van der Waals surface area contributed by atoms with Gasteiger partial charge in [0.2, 0.25) is 0 Å². The molecule has 0 aliphatic carbocycles. The number of furan rings is 1. The minimum atomic E-state index is -4.71. The van der Waals surface area contributed by atoms with Gasteiger partial charge in [0.25, 0.3) is 0 Å². The number of halogens is 3. The van der Waals surface area contributed by atoms with Crippen molar-refractivity contribution < 1.29 is 27.1 Å². The molecule has 2 N–H and O–H groups in total. The molecule has 1 aromatic heterocycles. The fourth-order valence-corrected chi connectivity index (χ4v) is 1.58. The monoisotopic (exact) mass is 287 g/mol. The van der Waals surface area contributed by atoms with Crippen molar-refractivity contribution in [1.29, 1.82) is 0 Å². The van der Waals surface area contributed by atoms with Gasteiger partial charge in [-0.1, -0.05) is 0 Å². The lowest BCUT2D eigenvalue weighted by Crippen LogP contribution is -2.18. The molecule has 7 heteroatoms. The predicted molar refractivity (Wildman–Crippen MR) is 64.3 cm³/mol. The van der Waals surface area contributed by atoms with Crippen LogP contribution >= 0.6 is 0 Å². The van der Waals surface area contributed by atoms with Crippen molar-refractivity contribution in [1.82, 2.24) is 0 Å². The summed E-state index contributed by atoms with van der Waals surface area (Å²) in [6, 6.07) is 8.47. The van der Waals surface area contributed by atoms with E-state index in [2.05, 4.69) is 4.74 Å². The van der Waals surface area contributed by atoms with Crippen molar-refractivity contribution in [3.63, 3.8) is 0 Å². The maximum Gasteiger partial charge on any atom is 0.573 e. The Morgan fingerprint density at radius 3 is 2.25 bits per heavy atom. The van der Waals surface area contributed by atoms with E-state index < -0.39 is 12.5 Å². The molecule has 1 heterocycles. The van der Waals surface area contributed by atoms with Crippen molar-refractivity contribution >= 4 is 0 Å². The number of benzene rings is 1. The maximum atomic E-state index is 12.0. The first-order chi connectivity index (χ1) is 9.48. The van der Waals surface area contributed by atoms with Crippen molar-refractivity contribution in [2.24, 2.45) is 5.73 Å². The van der Waals surface area contributed by atoms with E-state index in [1.54, 1.807) is 12.1 Å². The average molecular weight is 287 g/mol. The minimum Gasteiger partial charge on any atom is -0.481 e. The van der Waals surface area contributed by atoms with E-state index in [4.69, 9.17) is 14.9 Å². The third kappa shape index (κ3) is 3.92. The molecule has 4 nitrogen and oxygen atoms in total. The van der Waals surface area contributed by atoms with Gasteiger partial charge in [-0.15, -0.1) is 13.2 Å². The van der Waals surface area contributed by atoms with Crippen LogP contribution in [0.5, 0.6) is 11.5 Å². The lowest BCUT2D eigenvalue weighted by molar-refractivity contribution is -0.274. The zero-order chi connectivity index (χ0) is 14.6. The van der Waals surface area contributed by atoms with Gasteiger partial charge < -0.3 is 19.6 Å². The summed E-state index contributed by atoms with van der Waals surface area (Å²) in [6.45, 7) is 0.175. The number of ether oxygens (including phenoxy) is 2. The van der Waals surface area contributed by atoms with Crippen LogP contribution < -0.4 is 15.2 Å². The zero-order valence-electron chi connectivity index (χ0n) is 10.3. The van der Waals surface area contributed by atoms with E-state index in [1.807, 2.05) is 0 Å². The van der Waals surface area contributed by atoms with Crippen molar-refractivity contribution in [3.05, 3.63) is 48.4 Å². The van der Waals surface area contributed by atoms with Crippen molar-refractivity contribution in [2.75, 3.05) is 6.54 Å². The number of nitrogens with two attached hydrogens (primary N) is 1. The smallest absolute Gasteiger partial charge is 0.481 e. The Bertz CT molecular complexity index is 523. The van der Waals surface area contributed by atoms with E-state index in [-0.39, 0.29) is 12.3 Å². The number of hydrogen-bond donors (Lipinski definition) is 1. The Morgan fingerprint density at radius 2 is 1.75 bits per heavy atom. The molecule has 108 valence electrons. The van der Waals surface area contributed by atoms with Crippen LogP contribution in [0.2, 0.25) is 0 Å². The van der Waals surface area contributed by atoms with Crippen LogP contribution in [0.4, 0.5) is 13.2 Å². The molecule has 0 spiro atoms. The van der Waals surface area contributed by atoms with Gasteiger partial charge in [0.05, 0.1) is 6.26 Å². The molecule has 1 unspecified atom stereocenters. The lowest BCUT2D eigenvalue weighted by atomic mass is 10.2. The Hall–Kier alpha value is -2.15. The lowest BCUT2D eigenvalue weighted by Gasteiger charge is -2.15. The van der Waals surface area contributed by atoms with Gasteiger partial charge in [-0.25, -0.2) is 0 Å². The second-order valence-corrected chi connectivity index (χ2v) is 3.88. The summed E-state index contributed by atoms with van der Waals surface area (Å²) >= 11 is 0. The van der Waals surface area contributed by atoms with Crippen LogP contribution in [-0.2, 0) is 0 Å². The average Bonchev–Trinajstić information content (AvgIpc) is 2.90. The van der Waals surface area contributed by atoms with E-state index in [9.17, 15) is 13.2 Å². The van der Waals surface area contributed by atoms with Gasteiger partial charge in [-0.05, 0) is 36.4 Å². The molecular formula is C13H12F3NO3. The zero-order valence-corrected chi connectivity index (χ0v) is 10.3. The van der Waals surface area contributed by atoms with E-state index in [0.717, 1.165) is 0 Å². The summed E-state index contributed by atoms with van der Waals surface area (Å²) < 4.78 is 50.5. The predicted octanol–water partition coefficient (Wildman–Crippen LogP) is 3.26. The summed E-state index contributed by atoms with van der Waals surface area (Å²) in [6.07, 6.45) is -3.72. The summed E-state index contributed by atoms with van der Waals surface area (Å²) in [4.78, 5) is 0. The fourth-order valence-electron chi connectivity index (χ4n) is 1.58. The summed E-state index contributed by atoms with van der Waals surface area (Å²) in [5.74, 6) is 0.599. The second-order valence-electron chi connectivity index (χ2n) is 3.88. The Balaban J connectivity index is 2.03. The molecule has 2 aromatic rings. The largest absolute Gasteiger partial charge is 0.573 e. The fraction of sp³-hybridized carbons (Fsp3) is 0.231. The second kappa shape index (κ2) is 5.87.